The molecular formula is C11H6BN3S. The van der Waals surface area contributed by atoms with E-state index in [4.69, 9.17) is 7.85 Å². The summed E-state index contributed by atoms with van der Waals surface area (Å²) in [6.45, 7) is 0. The number of hydrogen-bond donors (Lipinski definition) is 0. The van der Waals surface area contributed by atoms with Crippen LogP contribution in [0.2, 0.25) is 0 Å². The van der Waals surface area contributed by atoms with Gasteiger partial charge in [0.05, 0.1) is 4.91 Å². The summed E-state index contributed by atoms with van der Waals surface area (Å²) in [5.74, 6) is 0. The average molecular weight is 223 g/mol. The van der Waals surface area contributed by atoms with E-state index in [0.29, 0.717) is 4.91 Å². The van der Waals surface area contributed by atoms with Crippen LogP contribution in [0, 0.1) is 0 Å². The molecule has 2 radical (unpaired) electrons. The van der Waals surface area contributed by atoms with Crippen LogP contribution in [0.4, 0.5) is 0 Å². The number of pyridine rings is 1. The van der Waals surface area contributed by atoms with Gasteiger partial charge in [-0.05, 0) is 17.5 Å². The Morgan fingerprint density at radius 2 is 2.00 bits per heavy atom. The summed E-state index contributed by atoms with van der Waals surface area (Å²) < 4.78 is 0. The van der Waals surface area contributed by atoms with Crippen molar-refractivity contribution in [3.05, 3.63) is 36.7 Å². The second-order valence-corrected chi connectivity index (χ2v) is 4.39. The number of nitrogens with zero attached hydrogens (tertiary/aromatic N) is 3. The Morgan fingerprint density at radius 1 is 1.06 bits per heavy atom. The molecule has 0 bridgehead atoms. The lowest BCUT2D eigenvalue weighted by Crippen LogP contribution is -1.97. The van der Waals surface area contributed by atoms with Crippen molar-refractivity contribution in [3.8, 4) is 10.6 Å². The molecule has 3 nitrogen and oxygen atoms in total. The lowest BCUT2D eigenvalue weighted by Gasteiger charge is -1.99. The first kappa shape index (κ1) is 9.48. The largest absolute Gasteiger partial charge is 0.264 e. The van der Waals surface area contributed by atoms with E-state index < -0.39 is 0 Å². The topological polar surface area (TPSA) is 38.7 Å². The zero-order valence-corrected chi connectivity index (χ0v) is 9.11. The molecule has 3 rings (SSSR count). The maximum absolute atomic E-state index is 5.56. The van der Waals surface area contributed by atoms with Crippen LogP contribution in [0.15, 0.2) is 36.7 Å². The molecular weight excluding hydrogens is 217 g/mol. The van der Waals surface area contributed by atoms with Crippen LogP contribution in [0.3, 0.4) is 0 Å². The van der Waals surface area contributed by atoms with Crippen molar-refractivity contribution in [1.82, 2.24) is 15.2 Å². The average Bonchev–Trinajstić information content (AvgIpc) is 2.75. The number of benzene rings is 1. The first-order valence-corrected chi connectivity index (χ1v) is 5.58. The summed E-state index contributed by atoms with van der Waals surface area (Å²) in [6, 6.07) is 8.07. The van der Waals surface area contributed by atoms with Crippen molar-refractivity contribution < 1.29 is 0 Å². The molecule has 16 heavy (non-hydrogen) atoms. The molecule has 0 saturated carbocycles. The van der Waals surface area contributed by atoms with Gasteiger partial charge in [-0.15, -0.1) is 16.4 Å². The van der Waals surface area contributed by atoms with Crippen LogP contribution in [-0.2, 0) is 0 Å². The van der Waals surface area contributed by atoms with Crippen molar-refractivity contribution in [2.24, 2.45) is 0 Å². The Bertz CT molecular complexity index is 650. The summed E-state index contributed by atoms with van der Waals surface area (Å²) in [6.07, 6.45) is 3.62. The molecule has 0 N–H and O–H groups in total. The predicted octanol–water partition coefficient (Wildman–Crippen LogP) is 1.55. The van der Waals surface area contributed by atoms with Crippen molar-refractivity contribution >= 4 is 34.9 Å². The third-order valence-electron chi connectivity index (χ3n) is 2.33. The molecule has 1 aromatic carbocycles. The molecule has 74 valence electrons. The minimum atomic E-state index is 0.491. The van der Waals surface area contributed by atoms with Gasteiger partial charge in [0.25, 0.3) is 0 Å². The van der Waals surface area contributed by atoms with E-state index in [2.05, 4.69) is 21.2 Å². The monoisotopic (exact) mass is 223 g/mol. The highest BCUT2D eigenvalue weighted by atomic mass is 32.1. The van der Waals surface area contributed by atoms with E-state index in [9.17, 15) is 0 Å². The van der Waals surface area contributed by atoms with E-state index >= 15 is 0 Å². The van der Waals surface area contributed by atoms with Gasteiger partial charge in [0.2, 0.25) is 0 Å². The molecule has 0 aliphatic heterocycles. The van der Waals surface area contributed by atoms with Gasteiger partial charge in [0, 0.05) is 23.3 Å². The van der Waals surface area contributed by atoms with Gasteiger partial charge >= 0.3 is 0 Å². The zero-order chi connectivity index (χ0) is 11.0. The summed E-state index contributed by atoms with van der Waals surface area (Å²) in [4.78, 5) is 4.56. The van der Waals surface area contributed by atoms with E-state index in [1.54, 1.807) is 6.20 Å². The van der Waals surface area contributed by atoms with E-state index in [1.165, 1.54) is 11.3 Å². The smallest absolute Gasteiger partial charge is 0.159 e. The molecule has 2 aromatic heterocycles. The number of hydrogen-bond acceptors (Lipinski definition) is 4. The quantitative estimate of drug-likeness (QED) is 0.587. The van der Waals surface area contributed by atoms with Crippen LogP contribution in [0.25, 0.3) is 21.3 Å². The van der Waals surface area contributed by atoms with Gasteiger partial charge in [0.15, 0.2) is 7.85 Å². The third-order valence-corrected chi connectivity index (χ3v) is 3.13. The summed E-state index contributed by atoms with van der Waals surface area (Å²) in [5, 5.41) is 10.9. The van der Waals surface area contributed by atoms with Crippen LogP contribution in [0.5, 0.6) is 0 Å². The van der Waals surface area contributed by atoms with Crippen molar-refractivity contribution in [2.45, 2.75) is 0 Å². The minimum Gasteiger partial charge on any atom is -0.264 e. The lowest BCUT2D eigenvalue weighted by molar-refractivity contribution is 1.12. The van der Waals surface area contributed by atoms with Crippen molar-refractivity contribution in [1.29, 1.82) is 0 Å². The van der Waals surface area contributed by atoms with Gasteiger partial charge in [-0.2, -0.15) is 5.10 Å². The highest BCUT2D eigenvalue weighted by molar-refractivity contribution is 7.22. The van der Waals surface area contributed by atoms with Gasteiger partial charge in [0.1, 0.15) is 5.01 Å². The Balaban J connectivity index is 2.18. The normalized spacial score (nSPS) is 10.8. The van der Waals surface area contributed by atoms with Crippen LogP contribution >= 0.6 is 11.3 Å². The molecule has 0 fully saturated rings. The highest BCUT2D eigenvalue weighted by Crippen LogP contribution is 2.23. The fourth-order valence-electron chi connectivity index (χ4n) is 1.57. The molecule has 0 aliphatic carbocycles. The molecule has 0 saturated heterocycles. The van der Waals surface area contributed by atoms with Crippen LogP contribution in [0.1, 0.15) is 0 Å². The first-order chi connectivity index (χ1) is 7.83. The highest BCUT2D eigenvalue weighted by Gasteiger charge is 2.04. The Hall–Kier alpha value is -1.75. The minimum absolute atomic E-state index is 0.491. The maximum Gasteiger partial charge on any atom is 0.159 e. The fraction of sp³-hybridized carbons (Fsp3) is 0. The van der Waals surface area contributed by atoms with Gasteiger partial charge in [-0.1, -0.05) is 12.1 Å². The molecule has 2 heterocycles. The SMILES string of the molecule is [B]c1nnc(-c2ccc3cnccc3c2)s1. The zero-order valence-electron chi connectivity index (χ0n) is 8.29. The maximum atomic E-state index is 5.56. The molecule has 3 aromatic rings. The van der Waals surface area contributed by atoms with E-state index in [1.807, 2.05) is 24.4 Å². The second kappa shape index (κ2) is 3.68. The molecule has 0 unspecified atom stereocenters. The first-order valence-electron chi connectivity index (χ1n) is 4.76. The van der Waals surface area contributed by atoms with Crippen LogP contribution in [-0.4, -0.2) is 23.0 Å². The number of aromatic nitrogens is 3. The molecule has 0 aliphatic rings. The van der Waals surface area contributed by atoms with E-state index in [-0.39, 0.29) is 0 Å². The molecule has 0 spiro atoms. The summed E-state index contributed by atoms with van der Waals surface area (Å²) in [7, 11) is 5.56. The van der Waals surface area contributed by atoms with Gasteiger partial charge in [-0.25, -0.2) is 0 Å². The fourth-order valence-corrected chi connectivity index (χ4v) is 2.17. The number of fused-ring (bicyclic) bond motifs is 1. The Morgan fingerprint density at radius 3 is 2.81 bits per heavy atom. The van der Waals surface area contributed by atoms with Crippen LogP contribution < -0.4 is 4.91 Å². The second-order valence-electron chi connectivity index (χ2n) is 3.38. The Kier molecular flexibility index (Phi) is 2.18. The standard InChI is InChI=1S/C11H6BN3S/c12-11-15-14-10(16-11)8-1-2-9-6-13-4-3-7(9)5-8/h1-6H. The van der Waals surface area contributed by atoms with Crippen molar-refractivity contribution in [2.75, 3.05) is 0 Å². The van der Waals surface area contributed by atoms with Gasteiger partial charge in [-0.3, -0.25) is 4.98 Å². The summed E-state index contributed by atoms with van der Waals surface area (Å²) in [5.41, 5.74) is 1.04. The predicted molar refractivity (Wildman–Crippen MR) is 66.0 cm³/mol. The lowest BCUT2D eigenvalue weighted by atomic mass is 10.1. The number of rotatable bonds is 1. The van der Waals surface area contributed by atoms with E-state index in [0.717, 1.165) is 21.3 Å². The molecule has 0 amide bonds. The van der Waals surface area contributed by atoms with Crippen molar-refractivity contribution in [3.63, 3.8) is 0 Å². The summed E-state index contributed by atoms with van der Waals surface area (Å²) >= 11 is 1.39. The molecule has 0 atom stereocenters. The molecule has 5 heteroatoms. The van der Waals surface area contributed by atoms with Gasteiger partial charge < -0.3 is 0 Å². The third kappa shape index (κ3) is 1.59. The Labute approximate surface area is 97.6 Å².